The van der Waals surface area contributed by atoms with E-state index in [1.807, 2.05) is 66.7 Å². The third kappa shape index (κ3) is 4.51. The molecule has 0 saturated heterocycles. The summed E-state index contributed by atoms with van der Waals surface area (Å²) in [6.07, 6.45) is 0. The number of nitrogens with one attached hydrogen (secondary N) is 2. The van der Waals surface area contributed by atoms with Crippen LogP contribution in [-0.2, 0) is 6.54 Å². The highest BCUT2D eigenvalue weighted by Crippen LogP contribution is 2.38. The average molecular weight is 443 g/mol. The number of hydrogen-bond acceptors (Lipinski definition) is 3. The molecule has 0 aliphatic heterocycles. The Morgan fingerprint density at radius 2 is 1.58 bits per heavy atom. The van der Waals surface area contributed by atoms with Gasteiger partial charge in [-0.2, -0.15) is 0 Å². The van der Waals surface area contributed by atoms with Crippen LogP contribution in [0.4, 0.5) is 21.9 Å². The number of amides is 2. The number of nitrogens with zero attached hydrogens (tertiary/aromatic N) is 1. The van der Waals surface area contributed by atoms with E-state index in [-0.39, 0.29) is 6.03 Å². The van der Waals surface area contributed by atoms with Crippen LogP contribution in [-0.4, -0.2) is 17.7 Å². The molecule has 0 bridgehead atoms. The van der Waals surface area contributed by atoms with E-state index in [0.29, 0.717) is 11.6 Å². The summed E-state index contributed by atoms with van der Waals surface area (Å²) in [6.45, 7) is 7.15. The minimum atomic E-state index is -0.283. The summed E-state index contributed by atoms with van der Waals surface area (Å²) in [5, 5.41) is 6.76. The summed E-state index contributed by atoms with van der Waals surface area (Å²) < 4.78 is 7.57. The number of urea groups is 1. The third-order valence-corrected chi connectivity index (χ3v) is 5.88. The molecule has 0 aliphatic rings. The predicted molar refractivity (Wildman–Crippen MR) is 137 cm³/mol. The van der Waals surface area contributed by atoms with E-state index in [0.717, 1.165) is 45.8 Å². The van der Waals surface area contributed by atoms with Crippen LogP contribution in [0.5, 0.6) is 5.75 Å². The van der Waals surface area contributed by atoms with Crippen molar-refractivity contribution in [2.75, 3.05) is 23.5 Å². The molecule has 0 fully saturated rings. The summed E-state index contributed by atoms with van der Waals surface area (Å²) in [4.78, 5) is 12.4. The number of anilines is 3. The molecule has 4 aromatic rings. The number of aryl methyl sites for hydroxylation is 1. The zero-order valence-corrected chi connectivity index (χ0v) is 19.5. The van der Waals surface area contributed by atoms with E-state index >= 15 is 0 Å². The van der Waals surface area contributed by atoms with Crippen molar-refractivity contribution < 1.29 is 9.53 Å². The van der Waals surface area contributed by atoms with E-state index in [9.17, 15) is 4.79 Å². The molecule has 170 valence electrons. The molecule has 33 heavy (non-hydrogen) atoms. The minimum Gasteiger partial charge on any atom is -0.497 e. The summed E-state index contributed by atoms with van der Waals surface area (Å²) >= 11 is 0. The molecular formula is C27H30N4O2. The van der Waals surface area contributed by atoms with E-state index in [2.05, 4.69) is 36.0 Å². The first-order chi connectivity index (χ1) is 15.9. The van der Waals surface area contributed by atoms with Crippen molar-refractivity contribution >= 4 is 34.0 Å². The molecule has 3 aromatic carbocycles. The van der Waals surface area contributed by atoms with Crippen molar-refractivity contribution in [3.63, 3.8) is 0 Å². The first kappa shape index (κ1) is 22.3. The Balaban J connectivity index is 1.53. The maximum atomic E-state index is 12.4. The number of carbonyl (C=O) groups excluding carboxylic acids is 1. The SMILES string of the molecule is CCn1c(-c2ccc(NC(=O)Nc3ccc(C(C)C)cc3)cc2)c(N)c2ccc(OC)cc21. The fourth-order valence-corrected chi connectivity index (χ4v) is 4.08. The van der Waals surface area contributed by atoms with Crippen molar-refractivity contribution in [1.82, 2.24) is 4.57 Å². The molecule has 2 amide bonds. The molecule has 0 saturated carbocycles. The monoisotopic (exact) mass is 442 g/mol. The van der Waals surface area contributed by atoms with E-state index in [1.165, 1.54) is 5.56 Å². The molecule has 6 heteroatoms. The lowest BCUT2D eigenvalue weighted by atomic mass is 10.0. The Bertz CT molecular complexity index is 1270. The van der Waals surface area contributed by atoms with Gasteiger partial charge in [-0.05, 0) is 54.8 Å². The van der Waals surface area contributed by atoms with Gasteiger partial charge in [0.1, 0.15) is 5.75 Å². The average Bonchev–Trinajstić information content (AvgIpc) is 3.10. The van der Waals surface area contributed by atoms with Crippen LogP contribution in [0.1, 0.15) is 32.3 Å². The number of nitrogen functional groups attached to an aromatic ring is 1. The fraction of sp³-hybridized carbons (Fsp3) is 0.222. The third-order valence-electron chi connectivity index (χ3n) is 5.88. The Morgan fingerprint density at radius 3 is 2.12 bits per heavy atom. The smallest absolute Gasteiger partial charge is 0.323 e. The topological polar surface area (TPSA) is 81.3 Å². The lowest BCUT2D eigenvalue weighted by Crippen LogP contribution is -2.19. The highest BCUT2D eigenvalue weighted by atomic mass is 16.5. The maximum Gasteiger partial charge on any atom is 0.323 e. The zero-order valence-electron chi connectivity index (χ0n) is 19.5. The largest absolute Gasteiger partial charge is 0.497 e. The number of fused-ring (bicyclic) bond motifs is 1. The van der Waals surface area contributed by atoms with Gasteiger partial charge in [0.2, 0.25) is 0 Å². The lowest BCUT2D eigenvalue weighted by Gasteiger charge is -2.12. The van der Waals surface area contributed by atoms with Crippen molar-refractivity contribution in [3.05, 3.63) is 72.3 Å². The molecule has 1 aromatic heterocycles. The van der Waals surface area contributed by atoms with Gasteiger partial charge in [-0.15, -0.1) is 0 Å². The van der Waals surface area contributed by atoms with Crippen LogP contribution in [0.15, 0.2) is 66.7 Å². The van der Waals surface area contributed by atoms with Crippen LogP contribution in [0.2, 0.25) is 0 Å². The number of ether oxygens (including phenoxy) is 1. The molecule has 0 radical (unpaired) electrons. The second kappa shape index (κ2) is 9.28. The number of aromatic nitrogens is 1. The summed E-state index contributed by atoms with van der Waals surface area (Å²) in [5.41, 5.74) is 12.9. The molecule has 0 aliphatic carbocycles. The zero-order chi connectivity index (χ0) is 23.5. The van der Waals surface area contributed by atoms with Gasteiger partial charge in [-0.1, -0.05) is 38.1 Å². The molecule has 0 spiro atoms. The first-order valence-corrected chi connectivity index (χ1v) is 11.1. The Labute approximate surface area is 194 Å². The maximum absolute atomic E-state index is 12.4. The van der Waals surface area contributed by atoms with Crippen molar-refractivity contribution in [2.24, 2.45) is 0 Å². The van der Waals surface area contributed by atoms with Crippen LogP contribution in [0, 0.1) is 0 Å². The lowest BCUT2D eigenvalue weighted by molar-refractivity contribution is 0.262. The molecule has 6 nitrogen and oxygen atoms in total. The summed E-state index contributed by atoms with van der Waals surface area (Å²) in [6, 6.07) is 21.2. The van der Waals surface area contributed by atoms with Gasteiger partial charge >= 0.3 is 6.03 Å². The van der Waals surface area contributed by atoms with Crippen LogP contribution < -0.4 is 21.1 Å². The highest BCUT2D eigenvalue weighted by molar-refractivity contribution is 6.02. The van der Waals surface area contributed by atoms with Crippen LogP contribution in [0.3, 0.4) is 0 Å². The Kier molecular flexibility index (Phi) is 6.27. The molecule has 0 unspecified atom stereocenters. The second-order valence-corrected chi connectivity index (χ2v) is 8.32. The van der Waals surface area contributed by atoms with Crippen molar-refractivity contribution in [3.8, 4) is 17.0 Å². The number of benzene rings is 3. The van der Waals surface area contributed by atoms with Gasteiger partial charge in [-0.25, -0.2) is 4.79 Å². The normalized spacial score (nSPS) is 11.1. The standard InChI is InChI=1S/C27H30N4O2/c1-5-31-24-16-22(33-4)14-15-23(24)25(28)26(31)19-8-12-21(13-9-19)30-27(32)29-20-10-6-18(7-11-20)17(2)3/h6-17H,5,28H2,1-4H3,(H2,29,30,32). The van der Waals surface area contributed by atoms with Gasteiger partial charge in [0, 0.05) is 34.9 Å². The molecule has 0 atom stereocenters. The van der Waals surface area contributed by atoms with E-state index < -0.39 is 0 Å². The van der Waals surface area contributed by atoms with Crippen molar-refractivity contribution in [1.29, 1.82) is 0 Å². The van der Waals surface area contributed by atoms with Crippen molar-refractivity contribution in [2.45, 2.75) is 33.2 Å². The van der Waals surface area contributed by atoms with E-state index in [1.54, 1.807) is 7.11 Å². The quantitative estimate of drug-likeness (QED) is 0.311. The molecule has 4 rings (SSSR count). The number of carbonyl (C=O) groups is 1. The Hall–Kier alpha value is -3.93. The molecule has 4 N–H and O–H groups in total. The second-order valence-electron chi connectivity index (χ2n) is 8.32. The number of rotatable bonds is 6. The van der Waals surface area contributed by atoms with Gasteiger partial charge in [0.25, 0.3) is 0 Å². The van der Waals surface area contributed by atoms with Crippen LogP contribution in [0.25, 0.3) is 22.2 Å². The minimum absolute atomic E-state index is 0.283. The Morgan fingerprint density at radius 1 is 0.970 bits per heavy atom. The molecular weight excluding hydrogens is 412 g/mol. The number of nitrogens with two attached hydrogens (primary N) is 1. The summed E-state index contributed by atoms with van der Waals surface area (Å²) in [7, 11) is 1.66. The molecule has 1 heterocycles. The van der Waals surface area contributed by atoms with Gasteiger partial charge < -0.3 is 25.7 Å². The number of methoxy groups -OCH3 is 1. The van der Waals surface area contributed by atoms with Crippen LogP contribution >= 0.6 is 0 Å². The van der Waals surface area contributed by atoms with Gasteiger partial charge in [0.15, 0.2) is 0 Å². The van der Waals surface area contributed by atoms with E-state index in [4.69, 9.17) is 10.5 Å². The van der Waals surface area contributed by atoms with Gasteiger partial charge in [0.05, 0.1) is 24.0 Å². The highest BCUT2D eigenvalue weighted by Gasteiger charge is 2.16. The summed E-state index contributed by atoms with van der Waals surface area (Å²) in [5.74, 6) is 1.25. The first-order valence-electron chi connectivity index (χ1n) is 11.1. The van der Waals surface area contributed by atoms with Gasteiger partial charge in [-0.3, -0.25) is 0 Å². The predicted octanol–water partition coefficient (Wildman–Crippen LogP) is 6.69. The number of hydrogen-bond donors (Lipinski definition) is 3. The fourth-order valence-electron chi connectivity index (χ4n) is 4.08.